The van der Waals surface area contributed by atoms with Gasteiger partial charge in [0.2, 0.25) is 0 Å². The lowest BCUT2D eigenvalue weighted by atomic mass is 10.3. The topological polar surface area (TPSA) is 66.3 Å². The van der Waals surface area contributed by atoms with Gasteiger partial charge in [-0.3, -0.25) is 4.68 Å². The van der Waals surface area contributed by atoms with Crippen molar-refractivity contribution in [3.63, 3.8) is 0 Å². The zero-order valence-corrected chi connectivity index (χ0v) is 13.1. The van der Waals surface area contributed by atoms with E-state index in [4.69, 9.17) is 0 Å². The van der Waals surface area contributed by atoms with Crippen LogP contribution in [0, 0.1) is 6.92 Å². The number of aryl methyl sites for hydroxylation is 2. The van der Waals surface area contributed by atoms with Gasteiger partial charge in [0, 0.05) is 18.8 Å². The lowest BCUT2D eigenvalue weighted by Gasteiger charge is -2.03. The monoisotopic (exact) mass is 307 g/mol. The maximum absolute atomic E-state index is 4.58. The number of rotatable bonds is 4. The zero-order chi connectivity index (χ0) is 15.8. The van der Waals surface area contributed by atoms with Crippen molar-refractivity contribution in [2.24, 2.45) is 7.05 Å². The number of nitrogens with zero attached hydrogens (tertiary/aromatic N) is 7. The minimum atomic E-state index is 0.666. The summed E-state index contributed by atoms with van der Waals surface area (Å²) in [6.45, 7) is 3.35. The summed E-state index contributed by atoms with van der Waals surface area (Å²) in [6.07, 6.45) is 5.80. The van der Waals surface area contributed by atoms with Gasteiger partial charge in [0.15, 0.2) is 0 Å². The van der Waals surface area contributed by atoms with Crippen LogP contribution in [0.15, 0.2) is 42.9 Å². The van der Waals surface area contributed by atoms with Gasteiger partial charge in [-0.1, -0.05) is 17.3 Å². The normalized spacial score (nSPS) is 11.4. The van der Waals surface area contributed by atoms with Crippen molar-refractivity contribution < 1.29 is 0 Å². The number of hydrogen-bond donors (Lipinski definition) is 0. The standard InChI is InChI=1S/C16H17N7/c1-12-18-15-5-3-4-6-16(15)23(12)11-14-10-22(20-19-14)9-13-7-17-21(2)8-13/h3-8,10H,9,11H2,1-2H3. The summed E-state index contributed by atoms with van der Waals surface area (Å²) in [4.78, 5) is 4.58. The minimum absolute atomic E-state index is 0.666. The molecule has 1 aromatic carbocycles. The quantitative estimate of drug-likeness (QED) is 0.576. The minimum Gasteiger partial charge on any atom is -0.322 e. The van der Waals surface area contributed by atoms with E-state index >= 15 is 0 Å². The maximum Gasteiger partial charge on any atom is 0.107 e. The Bertz CT molecular complexity index is 960. The van der Waals surface area contributed by atoms with E-state index < -0.39 is 0 Å². The molecule has 7 nitrogen and oxygen atoms in total. The van der Waals surface area contributed by atoms with Crippen molar-refractivity contribution >= 4 is 11.0 Å². The highest BCUT2D eigenvalue weighted by atomic mass is 15.4. The molecule has 0 atom stereocenters. The molecule has 0 N–H and O–H groups in total. The second kappa shape index (κ2) is 5.35. The van der Waals surface area contributed by atoms with Crippen molar-refractivity contribution in [3.8, 4) is 0 Å². The third kappa shape index (κ3) is 2.61. The van der Waals surface area contributed by atoms with Gasteiger partial charge in [-0.05, 0) is 19.1 Å². The Balaban J connectivity index is 1.58. The average Bonchev–Trinajstić information content (AvgIpc) is 3.22. The van der Waals surface area contributed by atoms with Gasteiger partial charge < -0.3 is 4.57 Å². The Morgan fingerprint density at radius 2 is 1.96 bits per heavy atom. The summed E-state index contributed by atoms with van der Waals surface area (Å²) in [7, 11) is 1.91. The summed E-state index contributed by atoms with van der Waals surface area (Å²) in [5.41, 5.74) is 4.15. The summed E-state index contributed by atoms with van der Waals surface area (Å²) in [6, 6.07) is 8.13. The van der Waals surface area contributed by atoms with E-state index in [0.29, 0.717) is 13.1 Å². The van der Waals surface area contributed by atoms with Crippen LogP contribution in [0.4, 0.5) is 0 Å². The molecule has 4 aromatic rings. The van der Waals surface area contributed by atoms with Crippen molar-refractivity contribution in [2.75, 3.05) is 0 Å². The van der Waals surface area contributed by atoms with Crippen LogP contribution in [0.25, 0.3) is 11.0 Å². The van der Waals surface area contributed by atoms with Crippen molar-refractivity contribution in [1.82, 2.24) is 34.3 Å². The number of imidazole rings is 1. The fourth-order valence-electron chi connectivity index (χ4n) is 2.79. The van der Waals surface area contributed by atoms with Crippen LogP contribution in [0.2, 0.25) is 0 Å². The molecule has 23 heavy (non-hydrogen) atoms. The van der Waals surface area contributed by atoms with Crippen LogP contribution in [0.5, 0.6) is 0 Å². The fourth-order valence-corrected chi connectivity index (χ4v) is 2.79. The molecule has 116 valence electrons. The predicted molar refractivity (Wildman–Crippen MR) is 85.9 cm³/mol. The first kappa shape index (κ1) is 13.7. The van der Waals surface area contributed by atoms with Crippen LogP contribution >= 0.6 is 0 Å². The van der Waals surface area contributed by atoms with Crippen LogP contribution in [0.3, 0.4) is 0 Å². The Morgan fingerprint density at radius 1 is 1.09 bits per heavy atom. The highest BCUT2D eigenvalue weighted by molar-refractivity contribution is 5.75. The molecule has 0 unspecified atom stereocenters. The molecule has 0 bridgehead atoms. The molecular formula is C16H17N7. The van der Waals surface area contributed by atoms with Crippen molar-refractivity contribution in [1.29, 1.82) is 0 Å². The molecular weight excluding hydrogens is 290 g/mol. The first-order valence-corrected chi connectivity index (χ1v) is 7.47. The Hall–Kier alpha value is -2.96. The number of hydrogen-bond acceptors (Lipinski definition) is 4. The van der Waals surface area contributed by atoms with E-state index in [0.717, 1.165) is 28.1 Å². The molecule has 0 spiro atoms. The van der Waals surface area contributed by atoms with Gasteiger partial charge in [0.05, 0.1) is 36.5 Å². The molecule has 0 saturated carbocycles. The van der Waals surface area contributed by atoms with E-state index in [1.807, 2.05) is 55.4 Å². The zero-order valence-electron chi connectivity index (χ0n) is 13.1. The summed E-state index contributed by atoms with van der Waals surface area (Å²) >= 11 is 0. The molecule has 0 radical (unpaired) electrons. The molecule has 3 aromatic heterocycles. The molecule has 0 fully saturated rings. The SMILES string of the molecule is Cc1nc2ccccc2n1Cc1cn(Cc2cnn(C)c2)nn1. The smallest absolute Gasteiger partial charge is 0.107 e. The van der Waals surface area contributed by atoms with Gasteiger partial charge in [0.1, 0.15) is 11.5 Å². The number of aromatic nitrogens is 7. The van der Waals surface area contributed by atoms with Crippen LogP contribution < -0.4 is 0 Å². The largest absolute Gasteiger partial charge is 0.322 e. The number of benzene rings is 1. The number of para-hydroxylation sites is 2. The molecule has 0 aliphatic carbocycles. The predicted octanol–water partition coefficient (Wildman–Crippen LogP) is 1.77. The molecule has 3 heterocycles. The van der Waals surface area contributed by atoms with Crippen molar-refractivity contribution in [2.45, 2.75) is 20.0 Å². The highest BCUT2D eigenvalue weighted by Crippen LogP contribution is 2.16. The Kier molecular flexibility index (Phi) is 3.18. The summed E-state index contributed by atoms with van der Waals surface area (Å²) < 4.78 is 5.78. The molecule has 0 aliphatic rings. The van der Waals surface area contributed by atoms with E-state index in [-0.39, 0.29) is 0 Å². The lowest BCUT2D eigenvalue weighted by molar-refractivity contribution is 0.648. The van der Waals surface area contributed by atoms with Crippen LogP contribution in [-0.2, 0) is 20.1 Å². The van der Waals surface area contributed by atoms with E-state index in [1.54, 1.807) is 4.68 Å². The summed E-state index contributed by atoms with van der Waals surface area (Å²) in [5, 5.41) is 12.7. The van der Waals surface area contributed by atoms with Crippen LogP contribution in [-0.4, -0.2) is 34.3 Å². The average molecular weight is 307 g/mol. The Labute approximate surface area is 133 Å². The third-order valence-corrected chi connectivity index (χ3v) is 3.85. The van der Waals surface area contributed by atoms with Crippen molar-refractivity contribution in [3.05, 3.63) is 59.9 Å². The molecule has 0 amide bonds. The van der Waals surface area contributed by atoms with Gasteiger partial charge in [0.25, 0.3) is 0 Å². The fraction of sp³-hybridized carbons (Fsp3) is 0.250. The van der Waals surface area contributed by atoms with E-state index in [1.165, 1.54) is 0 Å². The van der Waals surface area contributed by atoms with Crippen LogP contribution in [0.1, 0.15) is 17.1 Å². The summed E-state index contributed by atoms with van der Waals surface area (Å²) in [5.74, 6) is 0.980. The van der Waals surface area contributed by atoms with Gasteiger partial charge >= 0.3 is 0 Å². The first-order chi connectivity index (χ1) is 11.2. The second-order valence-corrected chi connectivity index (χ2v) is 5.66. The second-order valence-electron chi connectivity index (χ2n) is 5.66. The highest BCUT2D eigenvalue weighted by Gasteiger charge is 2.09. The molecule has 4 rings (SSSR count). The molecule has 0 saturated heterocycles. The number of fused-ring (bicyclic) bond motifs is 1. The first-order valence-electron chi connectivity index (χ1n) is 7.47. The molecule has 7 heteroatoms. The van der Waals surface area contributed by atoms with Gasteiger partial charge in [-0.15, -0.1) is 5.10 Å². The van der Waals surface area contributed by atoms with Gasteiger partial charge in [-0.2, -0.15) is 5.10 Å². The van der Waals surface area contributed by atoms with E-state index in [2.05, 4.69) is 31.0 Å². The lowest BCUT2D eigenvalue weighted by Crippen LogP contribution is -2.02. The maximum atomic E-state index is 4.58. The Morgan fingerprint density at radius 3 is 2.78 bits per heavy atom. The third-order valence-electron chi connectivity index (χ3n) is 3.85. The molecule has 0 aliphatic heterocycles. The van der Waals surface area contributed by atoms with E-state index in [9.17, 15) is 0 Å². The van der Waals surface area contributed by atoms with Gasteiger partial charge in [-0.25, -0.2) is 9.67 Å².